The summed E-state index contributed by atoms with van der Waals surface area (Å²) in [5, 5.41) is 18.5. The maximum absolute atomic E-state index is 14.5. The number of fused-ring (bicyclic) bond motifs is 1. The fourth-order valence-electron chi connectivity index (χ4n) is 5.81. The second-order valence-electron chi connectivity index (χ2n) is 11.8. The number of benzene rings is 4. The quantitative estimate of drug-likeness (QED) is 0.0999. The minimum absolute atomic E-state index is 0.136. The zero-order valence-corrected chi connectivity index (χ0v) is 28.7. The highest BCUT2D eigenvalue weighted by Gasteiger charge is 2.28. The highest BCUT2D eigenvalue weighted by Crippen LogP contribution is 2.42. The number of hydrogen-bond donors (Lipinski definition) is 3. The standard InChI is InChI=1S/C40H33FN4O3S2/c1-25(37(46)45-40-33(24-42)32-20-19-28(22-36(32)50-40)26-11-4-2-5-12-26)49-31-17-10-16-30(23-31)43-39(48)35(21-29-15-8-9-18-34(29)41)44-38(47)27-13-6-3-7-14-27/h2-18,21,23,25,28H,19-20,22H2,1H3,(H,43,48)(H,44,47)(H,45,46)/b35-21-. The van der Waals surface area contributed by atoms with Gasteiger partial charge in [0.2, 0.25) is 5.91 Å². The van der Waals surface area contributed by atoms with Crippen LogP contribution in [-0.4, -0.2) is 23.0 Å². The summed E-state index contributed by atoms with van der Waals surface area (Å²) in [5.74, 6) is -1.57. The monoisotopic (exact) mass is 700 g/mol. The number of nitrogens with one attached hydrogen (secondary N) is 3. The number of carbonyl (C=O) groups excluding carboxylic acids is 3. The number of halogens is 1. The van der Waals surface area contributed by atoms with Crippen molar-refractivity contribution < 1.29 is 18.8 Å². The van der Waals surface area contributed by atoms with E-state index >= 15 is 0 Å². The lowest BCUT2D eigenvalue weighted by Gasteiger charge is -2.22. The highest BCUT2D eigenvalue weighted by molar-refractivity contribution is 8.00. The first-order valence-corrected chi connectivity index (χ1v) is 17.8. The summed E-state index contributed by atoms with van der Waals surface area (Å²) < 4.78 is 14.5. The predicted octanol–water partition coefficient (Wildman–Crippen LogP) is 8.56. The van der Waals surface area contributed by atoms with E-state index in [1.807, 2.05) is 24.3 Å². The van der Waals surface area contributed by atoms with Gasteiger partial charge in [-0.3, -0.25) is 14.4 Å². The molecule has 50 heavy (non-hydrogen) atoms. The zero-order chi connectivity index (χ0) is 35.0. The van der Waals surface area contributed by atoms with Crippen molar-refractivity contribution in [3.05, 3.63) is 153 Å². The maximum atomic E-state index is 14.5. The molecule has 0 saturated carbocycles. The lowest BCUT2D eigenvalue weighted by atomic mass is 9.83. The van der Waals surface area contributed by atoms with Crippen molar-refractivity contribution in [3.63, 3.8) is 0 Å². The number of amides is 3. The average molecular weight is 701 g/mol. The Morgan fingerprint density at radius 3 is 2.40 bits per heavy atom. The lowest BCUT2D eigenvalue weighted by molar-refractivity contribution is -0.115. The average Bonchev–Trinajstić information content (AvgIpc) is 3.49. The van der Waals surface area contributed by atoms with Gasteiger partial charge in [-0.2, -0.15) is 5.26 Å². The predicted molar refractivity (Wildman–Crippen MR) is 198 cm³/mol. The van der Waals surface area contributed by atoms with E-state index in [4.69, 9.17) is 0 Å². The van der Waals surface area contributed by atoms with E-state index in [0.717, 1.165) is 34.6 Å². The molecule has 0 aliphatic heterocycles. The van der Waals surface area contributed by atoms with E-state index in [-0.39, 0.29) is 17.2 Å². The van der Waals surface area contributed by atoms with Crippen LogP contribution in [0.4, 0.5) is 15.1 Å². The van der Waals surface area contributed by atoms with Gasteiger partial charge in [0, 0.05) is 26.6 Å². The first-order valence-electron chi connectivity index (χ1n) is 16.1. The normalized spacial score (nSPS) is 14.5. The number of nitrogens with zero attached hydrogens (tertiary/aromatic N) is 1. The minimum Gasteiger partial charge on any atom is -0.321 e. The van der Waals surface area contributed by atoms with Crippen molar-refractivity contribution in [2.45, 2.75) is 42.2 Å². The molecule has 2 unspecified atom stereocenters. The highest BCUT2D eigenvalue weighted by atomic mass is 32.2. The van der Waals surface area contributed by atoms with Gasteiger partial charge in [-0.25, -0.2) is 4.39 Å². The van der Waals surface area contributed by atoms with Crippen molar-refractivity contribution in [3.8, 4) is 6.07 Å². The Morgan fingerprint density at radius 1 is 0.940 bits per heavy atom. The summed E-state index contributed by atoms with van der Waals surface area (Å²) in [6, 6.07) is 34.0. The Morgan fingerprint density at radius 2 is 1.66 bits per heavy atom. The van der Waals surface area contributed by atoms with Gasteiger partial charge in [0.1, 0.15) is 22.6 Å². The number of hydrogen-bond acceptors (Lipinski definition) is 6. The summed E-state index contributed by atoms with van der Waals surface area (Å²) in [5.41, 5.74) is 3.62. The van der Waals surface area contributed by atoms with Crippen LogP contribution < -0.4 is 16.0 Å². The van der Waals surface area contributed by atoms with Crippen LogP contribution in [0.2, 0.25) is 0 Å². The summed E-state index contributed by atoms with van der Waals surface area (Å²) in [6.45, 7) is 1.78. The number of rotatable bonds is 10. The molecule has 10 heteroatoms. The van der Waals surface area contributed by atoms with Gasteiger partial charge in [-0.1, -0.05) is 72.8 Å². The van der Waals surface area contributed by atoms with Crippen molar-refractivity contribution in [2.75, 3.05) is 10.6 Å². The van der Waals surface area contributed by atoms with Crippen molar-refractivity contribution in [1.29, 1.82) is 5.26 Å². The second-order valence-corrected chi connectivity index (χ2v) is 14.3. The number of thiophene rings is 1. The summed E-state index contributed by atoms with van der Waals surface area (Å²) in [7, 11) is 0. The van der Waals surface area contributed by atoms with Gasteiger partial charge in [0.05, 0.1) is 10.8 Å². The summed E-state index contributed by atoms with van der Waals surface area (Å²) in [4.78, 5) is 41.7. The van der Waals surface area contributed by atoms with Crippen molar-refractivity contribution in [2.24, 2.45) is 0 Å². The third-order valence-corrected chi connectivity index (χ3v) is 10.7. The van der Waals surface area contributed by atoms with Crippen LogP contribution in [0.3, 0.4) is 0 Å². The Balaban J connectivity index is 1.13. The van der Waals surface area contributed by atoms with Crippen LogP contribution in [0.25, 0.3) is 6.08 Å². The van der Waals surface area contributed by atoms with Crippen LogP contribution in [0.1, 0.15) is 56.8 Å². The summed E-state index contributed by atoms with van der Waals surface area (Å²) in [6.07, 6.45) is 3.87. The molecular weight excluding hydrogens is 668 g/mol. The molecule has 250 valence electrons. The van der Waals surface area contributed by atoms with Crippen LogP contribution in [0, 0.1) is 17.1 Å². The number of thioether (sulfide) groups is 1. The van der Waals surface area contributed by atoms with Crippen LogP contribution >= 0.6 is 23.1 Å². The first kappa shape index (κ1) is 34.4. The van der Waals surface area contributed by atoms with Gasteiger partial charge in [0.25, 0.3) is 11.8 Å². The molecule has 1 aliphatic carbocycles. The third-order valence-electron chi connectivity index (χ3n) is 8.39. The van der Waals surface area contributed by atoms with Gasteiger partial charge in [0.15, 0.2) is 0 Å². The molecule has 6 rings (SSSR count). The Labute approximate surface area is 298 Å². The molecule has 0 saturated heterocycles. The van der Waals surface area contributed by atoms with E-state index in [1.54, 1.807) is 61.5 Å². The van der Waals surface area contributed by atoms with Gasteiger partial charge < -0.3 is 16.0 Å². The molecule has 1 aromatic heterocycles. The van der Waals surface area contributed by atoms with E-state index in [2.05, 4.69) is 34.2 Å². The number of carbonyl (C=O) groups is 3. The molecule has 1 heterocycles. The Hall–Kier alpha value is -5.50. The fraction of sp³-hybridized carbons (Fsp3) is 0.150. The van der Waals surface area contributed by atoms with Gasteiger partial charge in [-0.15, -0.1) is 23.1 Å². The first-order chi connectivity index (χ1) is 24.3. The number of anilines is 2. The molecule has 3 amide bonds. The summed E-state index contributed by atoms with van der Waals surface area (Å²) >= 11 is 2.79. The van der Waals surface area contributed by atoms with Gasteiger partial charge in [-0.05, 0) is 85.7 Å². The van der Waals surface area contributed by atoms with Crippen molar-refractivity contribution in [1.82, 2.24) is 5.32 Å². The molecular formula is C40H33FN4O3S2. The van der Waals surface area contributed by atoms with Crippen LogP contribution in [0.15, 0.2) is 120 Å². The largest absolute Gasteiger partial charge is 0.321 e. The van der Waals surface area contributed by atoms with Crippen molar-refractivity contribution >= 4 is 57.6 Å². The molecule has 0 fully saturated rings. The molecule has 5 aromatic rings. The maximum Gasteiger partial charge on any atom is 0.272 e. The molecule has 0 spiro atoms. The van der Waals surface area contributed by atoms with E-state index in [9.17, 15) is 24.0 Å². The molecule has 2 atom stereocenters. The molecule has 0 bridgehead atoms. The third kappa shape index (κ3) is 8.20. The minimum atomic E-state index is -0.648. The van der Waals surface area contributed by atoms with E-state index in [0.29, 0.717) is 27.7 Å². The fourth-order valence-corrected chi connectivity index (χ4v) is 8.02. The smallest absolute Gasteiger partial charge is 0.272 e. The molecule has 4 aromatic carbocycles. The van der Waals surface area contributed by atoms with Crippen LogP contribution in [0.5, 0.6) is 0 Å². The second kappa shape index (κ2) is 15.8. The molecule has 7 nitrogen and oxygen atoms in total. The molecule has 0 radical (unpaired) electrons. The Kier molecular flexibility index (Phi) is 10.9. The molecule has 1 aliphatic rings. The van der Waals surface area contributed by atoms with E-state index < -0.39 is 22.9 Å². The van der Waals surface area contributed by atoms with Gasteiger partial charge >= 0.3 is 0 Å². The topological polar surface area (TPSA) is 111 Å². The Bertz CT molecular complexity index is 2110. The SMILES string of the molecule is CC(Sc1cccc(NC(=O)/C(=C/c2ccccc2F)NC(=O)c2ccccc2)c1)C(=O)Nc1sc2c(c1C#N)CCC(c1ccccc1)C2. The van der Waals surface area contributed by atoms with Crippen LogP contribution in [-0.2, 0) is 22.4 Å². The lowest BCUT2D eigenvalue weighted by Crippen LogP contribution is -2.30. The zero-order valence-electron chi connectivity index (χ0n) is 27.1. The van der Waals surface area contributed by atoms with E-state index in [1.165, 1.54) is 52.9 Å². The molecule has 3 N–H and O–H groups in total. The number of nitriles is 1.